The molecule has 0 bridgehead atoms. The Morgan fingerprint density at radius 3 is 2.42 bits per heavy atom. The number of halogens is 1. The Morgan fingerprint density at radius 1 is 1.12 bits per heavy atom. The lowest BCUT2D eigenvalue weighted by molar-refractivity contribution is -0.117. The third kappa shape index (κ3) is 2.59. The van der Waals surface area contributed by atoms with Crippen LogP contribution in [0, 0.1) is 0 Å². The highest BCUT2D eigenvalue weighted by Crippen LogP contribution is 2.37. The van der Waals surface area contributed by atoms with Gasteiger partial charge in [-0.3, -0.25) is 9.10 Å². The molecule has 6 nitrogen and oxygen atoms in total. The zero-order chi connectivity index (χ0) is 17.5. The summed E-state index contributed by atoms with van der Waals surface area (Å²) in [5, 5.41) is 0.187. The van der Waals surface area contributed by atoms with Crippen LogP contribution >= 0.6 is 11.6 Å². The number of rotatable bonds is 3. The summed E-state index contributed by atoms with van der Waals surface area (Å²) in [6.45, 7) is -0.264. The van der Waals surface area contributed by atoms with E-state index in [9.17, 15) is 13.2 Å². The molecular formula is C16H15ClN2O4S. The highest BCUT2D eigenvalue weighted by molar-refractivity contribution is 7.92. The Balaban J connectivity index is 2.12. The van der Waals surface area contributed by atoms with Crippen molar-refractivity contribution >= 4 is 38.9 Å². The van der Waals surface area contributed by atoms with Gasteiger partial charge in [-0.25, -0.2) is 8.42 Å². The normalized spacial score (nSPS) is 14.5. The topological polar surface area (TPSA) is 66.9 Å². The van der Waals surface area contributed by atoms with Crippen LogP contribution in [0.25, 0.3) is 0 Å². The van der Waals surface area contributed by atoms with Gasteiger partial charge in [0.2, 0.25) is 5.91 Å². The molecule has 126 valence electrons. The molecule has 1 aliphatic heterocycles. The summed E-state index contributed by atoms with van der Waals surface area (Å²) in [5.74, 6) is 0.0716. The van der Waals surface area contributed by atoms with E-state index in [4.69, 9.17) is 16.3 Å². The fourth-order valence-electron chi connectivity index (χ4n) is 2.56. The molecule has 0 saturated heterocycles. The smallest absolute Gasteiger partial charge is 0.264 e. The molecule has 8 heteroatoms. The minimum Gasteiger partial charge on any atom is -0.495 e. The number of hydrogen-bond donors (Lipinski definition) is 0. The molecule has 0 spiro atoms. The Bertz CT molecular complexity index is 914. The van der Waals surface area contributed by atoms with Gasteiger partial charge in [0.15, 0.2) is 0 Å². The molecule has 0 saturated carbocycles. The summed E-state index contributed by atoms with van der Waals surface area (Å²) in [6.07, 6.45) is 0. The number of carbonyl (C=O) groups is 1. The molecule has 24 heavy (non-hydrogen) atoms. The maximum atomic E-state index is 13.0. The Morgan fingerprint density at radius 2 is 1.79 bits per heavy atom. The second-order valence-electron chi connectivity index (χ2n) is 5.25. The zero-order valence-electron chi connectivity index (χ0n) is 13.1. The summed E-state index contributed by atoms with van der Waals surface area (Å²) in [5.41, 5.74) is 0.989. The largest absolute Gasteiger partial charge is 0.495 e. The van der Waals surface area contributed by atoms with Crippen LogP contribution < -0.4 is 13.9 Å². The lowest BCUT2D eigenvalue weighted by Gasteiger charge is -2.34. The minimum absolute atomic E-state index is 0.000422. The molecule has 1 amide bonds. The number of methoxy groups -OCH3 is 1. The van der Waals surface area contributed by atoms with Crippen LogP contribution in [-0.4, -0.2) is 35.0 Å². The SMILES string of the molecule is COc1ccc(S(=O)(=O)N2CC(=O)N(C)c3ccccc32)cc1Cl. The maximum absolute atomic E-state index is 13.0. The van der Waals surface area contributed by atoms with Gasteiger partial charge in [0.25, 0.3) is 10.0 Å². The molecule has 2 aromatic carbocycles. The quantitative estimate of drug-likeness (QED) is 0.837. The number of ether oxygens (including phenoxy) is 1. The van der Waals surface area contributed by atoms with Gasteiger partial charge >= 0.3 is 0 Å². The van der Waals surface area contributed by atoms with E-state index >= 15 is 0 Å². The van der Waals surface area contributed by atoms with Gasteiger partial charge in [0, 0.05) is 7.05 Å². The Labute approximate surface area is 145 Å². The maximum Gasteiger partial charge on any atom is 0.264 e. The van der Waals surface area contributed by atoms with E-state index < -0.39 is 10.0 Å². The van der Waals surface area contributed by atoms with E-state index in [0.29, 0.717) is 17.1 Å². The number of benzene rings is 2. The zero-order valence-corrected chi connectivity index (χ0v) is 14.6. The predicted octanol–water partition coefficient (Wildman–Crippen LogP) is 2.52. The van der Waals surface area contributed by atoms with Gasteiger partial charge in [-0.05, 0) is 30.3 Å². The van der Waals surface area contributed by atoms with Crippen LogP contribution in [0.5, 0.6) is 5.75 Å². The summed E-state index contributed by atoms with van der Waals surface area (Å²) in [4.78, 5) is 13.6. The third-order valence-electron chi connectivity index (χ3n) is 3.88. The van der Waals surface area contributed by atoms with E-state index in [2.05, 4.69) is 0 Å². The number of hydrogen-bond acceptors (Lipinski definition) is 4. The molecular weight excluding hydrogens is 352 g/mol. The molecule has 0 aliphatic carbocycles. The molecule has 0 radical (unpaired) electrons. The van der Waals surface area contributed by atoms with E-state index in [1.165, 1.54) is 30.2 Å². The molecule has 2 aromatic rings. The van der Waals surface area contributed by atoms with Crippen molar-refractivity contribution in [2.45, 2.75) is 4.90 Å². The van der Waals surface area contributed by atoms with Crippen molar-refractivity contribution in [3.05, 3.63) is 47.5 Å². The van der Waals surface area contributed by atoms with E-state index in [1.54, 1.807) is 31.3 Å². The van der Waals surface area contributed by atoms with Crippen molar-refractivity contribution in [3.8, 4) is 5.75 Å². The fourth-order valence-corrected chi connectivity index (χ4v) is 4.33. The number of para-hydroxylation sites is 2. The average Bonchev–Trinajstić information content (AvgIpc) is 2.58. The van der Waals surface area contributed by atoms with Gasteiger partial charge < -0.3 is 9.64 Å². The Hall–Kier alpha value is -2.25. The van der Waals surface area contributed by atoms with E-state index in [0.717, 1.165) is 4.31 Å². The number of likely N-dealkylation sites (N-methyl/N-ethyl adjacent to an activating group) is 1. The average molecular weight is 367 g/mol. The predicted molar refractivity (Wildman–Crippen MR) is 92.4 cm³/mol. The highest BCUT2D eigenvalue weighted by atomic mass is 35.5. The standard InChI is InChI=1S/C16H15ClN2O4S/c1-18-13-5-3-4-6-14(13)19(10-16(18)20)24(21,22)11-7-8-15(23-2)12(17)9-11/h3-9H,10H2,1-2H3. The van der Waals surface area contributed by atoms with Crippen molar-refractivity contribution in [1.29, 1.82) is 0 Å². The summed E-state index contributed by atoms with van der Waals surface area (Å²) in [6, 6.07) is 11.1. The summed E-state index contributed by atoms with van der Waals surface area (Å²) >= 11 is 6.04. The van der Waals surface area contributed by atoms with Crippen LogP contribution in [0.15, 0.2) is 47.4 Å². The number of nitrogens with zero attached hydrogens (tertiary/aromatic N) is 2. The molecule has 0 aromatic heterocycles. The molecule has 1 aliphatic rings. The van der Waals surface area contributed by atoms with Gasteiger partial charge in [0.1, 0.15) is 12.3 Å². The molecule has 0 unspecified atom stereocenters. The number of sulfonamides is 1. The Kier molecular flexibility index (Phi) is 4.15. The van der Waals surface area contributed by atoms with Gasteiger partial charge in [-0.1, -0.05) is 23.7 Å². The summed E-state index contributed by atoms with van der Waals surface area (Å²) in [7, 11) is -0.864. The van der Waals surface area contributed by atoms with Crippen LogP contribution in [0.3, 0.4) is 0 Å². The number of amides is 1. The molecule has 0 fully saturated rings. The number of carbonyl (C=O) groups excluding carboxylic acids is 1. The minimum atomic E-state index is -3.93. The van der Waals surface area contributed by atoms with E-state index in [1.807, 2.05) is 0 Å². The first-order chi connectivity index (χ1) is 11.4. The van der Waals surface area contributed by atoms with Crippen molar-refractivity contribution in [3.63, 3.8) is 0 Å². The van der Waals surface area contributed by atoms with Crippen LogP contribution in [0.4, 0.5) is 11.4 Å². The lowest BCUT2D eigenvalue weighted by Crippen LogP contribution is -2.46. The fraction of sp³-hybridized carbons (Fsp3) is 0.188. The van der Waals surface area contributed by atoms with Gasteiger partial charge in [0.05, 0.1) is 28.4 Å². The summed E-state index contributed by atoms with van der Waals surface area (Å²) < 4.78 is 32.2. The second kappa shape index (κ2) is 5.99. The highest BCUT2D eigenvalue weighted by Gasteiger charge is 2.35. The second-order valence-corrected chi connectivity index (χ2v) is 7.52. The molecule has 3 rings (SSSR count). The first-order valence-corrected chi connectivity index (χ1v) is 8.90. The first kappa shape index (κ1) is 16.6. The monoisotopic (exact) mass is 366 g/mol. The first-order valence-electron chi connectivity index (χ1n) is 7.08. The van der Waals surface area contributed by atoms with Crippen molar-refractivity contribution in [2.24, 2.45) is 0 Å². The van der Waals surface area contributed by atoms with E-state index in [-0.39, 0.29) is 22.4 Å². The number of fused-ring (bicyclic) bond motifs is 1. The van der Waals surface area contributed by atoms with Crippen molar-refractivity contribution < 1.29 is 17.9 Å². The third-order valence-corrected chi connectivity index (χ3v) is 5.93. The molecule has 0 atom stereocenters. The van der Waals surface area contributed by atoms with Crippen molar-refractivity contribution in [1.82, 2.24) is 0 Å². The van der Waals surface area contributed by atoms with Crippen LogP contribution in [0.2, 0.25) is 5.02 Å². The van der Waals surface area contributed by atoms with Gasteiger partial charge in [-0.15, -0.1) is 0 Å². The van der Waals surface area contributed by atoms with Crippen LogP contribution in [-0.2, 0) is 14.8 Å². The van der Waals surface area contributed by atoms with Gasteiger partial charge in [-0.2, -0.15) is 0 Å². The number of anilines is 2. The molecule has 1 heterocycles. The van der Waals surface area contributed by atoms with Crippen molar-refractivity contribution in [2.75, 3.05) is 29.9 Å². The van der Waals surface area contributed by atoms with Crippen LogP contribution in [0.1, 0.15) is 0 Å². The molecule has 0 N–H and O–H groups in total. The lowest BCUT2D eigenvalue weighted by atomic mass is 10.2.